The van der Waals surface area contributed by atoms with Crippen molar-refractivity contribution in [1.82, 2.24) is 24.7 Å². The summed E-state index contributed by atoms with van der Waals surface area (Å²) in [7, 11) is 1.67. The van der Waals surface area contributed by atoms with Gasteiger partial charge in [0.25, 0.3) is 0 Å². The third kappa shape index (κ3) is 4.04. The molecule has 198 valence electrons. The number of fused-ring (bicyclic) bond motifs is 2. The Balaban J connectivity index is 1.63. The zero-order valence-corrected chi connectivity index (χ0v) is 20.9. The maximum absolute atomic E-state index is 14.0. The van der Waals surface area contributed by atoms with Crippen LogP contribution in [0.1, 0.15) is 31.4 Å². The lowest BCUT2D eigenvalue weighted by atomic mass is 9.71. The number of pyridine rings is 1. The molecule has 1 aliphatic rings. The molecule has 0 bridgehead atoms. The van der Waals surface area contributed by atoms with Gasteiger partial charge in [0.15, 0.2) is 17.3 Å². The summed E-state index contributed by atoms with van der Waals surface area (Å²) in [5.74, 6) is -7.48. The monoisotopic (exact) mass is 527 g/mol. The van der Waals surface area contributed by atoms with Crippen LogP contribution < -0.4 is 10.6 Å². The van der Waals surface area contributed by atoms with Crippen LogP contribution in [0.4, 0.5) is 29.2 Å². The molecule has 0 saturated carbocycles. The molecular weight excluding hydrogens is 502 g/mol. The van der Waals surface area contributed by atoms with Gasteiger partial charge >= 0.3 is 11.8 Å². The van der Waals surface area contributed by atoms with Crippen molar-refractivity contribution < 1.29 is 22.4 Å². The summed E-state index contributed by atoms with van der Waals surface area (Å²) in [5, 5.41) is 11.0. The first-order valence-electron chi connectivity index (χ1n) is 12.0. The maximum atomic E-state index is 14.0. The fourth-order valence-electron chi connectivity index (χ4n) is 4.70. The van der Waals surface area contributed by atoms with Crippen LogP contribution in [-0.4, -0.2) is 56.0 Å². The molecule has 0 amide bonds. The van der Waals surface area contributed by atoms with Gasteiger partial charge in [-0.05, 0) is 24.6 Å². The molecule has 2 N–H and O–H groups in total. The van der Waals surface area contributed by atoms with Crippen LogP contribution >= 0.6 is 0 Å². The highest BCUT2D eigenvalue weighted by atomic mass is 19.3. The van der Waals surface area contributed by atoms with E-state index in [9.17, 15) is 22.4 Å². The van der Waals surface area contributed by atoms with Gasteiger partial charge in [-0.25, -0.2) is 28.4 Å². The highest BCUT2D eigenvalue weighted by molar-refractivity contribution is 6.02. The number of benzene rings is 1. The number of nitrogens with zero attached hydrogens (tertiary/aromatic N) is 5. The minimum atomic E-state index is -4.22. The summed E-state index contributed by atoms with van der Waals surface area (Å²) in [4.78, 5) is 26.8. The van der Waals surface area contributed by atoms with Crippen LogP contribution in [0.25, 0.3) is 22.6 Å². The zero-order chi connectivity index (χ0) is 27.3. The van der Waals surface area contributed by atoms with Crippen LogP contribution in [0, 0.1) is 0 Å². The first kappa shape index (κ1) is 25.6. The minimum Gasteiger partial charge on any atom is -0.373 e. The first-order valence-corrected chi connectivity index (χ1v) is 12.0. The number of aryl methyl sites for hydroxylation is 1. The standard InChI is InChI=1S/C26H25F4N7O/c1-24(15-8-5-4-6-9-15)17(38)14-33-21-18(24)20(31-3)34-22(35-21)19-16-10-7-12-32-23(16)37(36-19)13-11-26(29,30)25(2,27)28/h4-10,12H,11,13-14H2,1-3H3,(H2,31,33,34,35). The van der Waals surface area contributed by atoms with E-state index in [0.29, 0.717) is 22.6 Å². The van der Waals surface area contributed by atoms with Gasteiger partial charge < -0.3 is 10.6 Å². The Morgan fingerprint density at radius 2 is 1.84 bits per heavy atom. The molecule has 12 heteroatoms. The summed E-state index contributed by atoms with van der Waals surface area (Å²) >= 11 is 0. The lowest BCUT2D eigenvalue weighted by Crippen LogP contribution is -2.43. The van der Waals surface area contributed by atoms with Crippen molar-refractivity contribution >= 4 is 28.5 Å². The second kappa shape index (κ2) is 9.03. The molecule has 0 spiro atoms. The highest BCUT2D eigenvalue weighted by Crippen LogP contribution is 2.44. The van der Waals surface area contributed by atoms with Gasteiger partial charge in [-0.3, -0.25) is 4.79 Å². The van der Waals surface area contributed by atoms with Crippen LogP contribution in [0.3, 0.4) is 0 Å². The normalized spacial score (nSPS) is 17.8. The fraction of sp³-hybridized carbons (Fsp3) is 0.346. The Morgan fingerprint density at radius 1 is 1.11 bits per heavy atom. The third-order valence-corrected chi connectivity index (χ3v) is 6.97. The van der Waals surface area contributed by atoms with Crippen LogP contribution in [0.5, 0.6) is 0 Å². The van der Waals surface area contributed by atoms with Crippen LogP contribution in [0.2, 0.25) is 0 Å². The van der Waals surface area contributed by atoms with Gasteiger partial charge in [0.05, 0.1) is 22.9 Å². The molecule has 0 saturated heterocycles. The molecule has 0 aliphatic carbocycles. The number of nitrogens with one attached hydrogen (secondary N) is 2. The van der Waals surface area contributed by atoms with E-state index in [0.717, 1.165) is 10.2 Å². The predicted molar refractivity (Wildman–Crippen MR) is 135 cm³/mol. The van der Waals surface area contributed by atoms with E-state index in [1.807, 2.05) is 37.3 Å². The van der Waals surface area contributed by atoms with Crippen molar-refractivity contribution in [3.8, 4) is 11.5 Å². The van der Waals surface area contributed by atoms with E-state index in [2.05, 4.69) is 30.7 Å². The number of hydrogen-bond acceptors (Lipinski definition) is 7. The van der Waals surface area contributed by atoms with Gasteiger partial charge in [-0.2, -0.15) is 13.9 Å². The lowest BCUT2D eigenvalue weighted by Gasteiger charge is -2.36. The molecule has 3 aromatic heterocycles. The van der Waals surface area contributed by atoms with E-state index in [-0.39, 0.29) is 36.4 Å². The number of carbonyl (C=O) groups is 1. The number of rotatable bonds is 7. The number of Topliss-reactive ketones (excluding diaryl/α,β-unsaturated/α-hetero) is 1. The summed E-state index contributed by atoms with van der Waals surface area (Å²) in [6.07, 6.45) is 0.331. The molecule has 4 heterocycles. The quantitative estimate of drug-likeness (QED) is 0.330. The maximum Gasteiger partial charge on any atom is 0.311 e. The molecule has 8 nitrogen and oxygen atoms in total. The fourth-order valence-corrected chi connectivity index (χ4v) is 4.70. The molecule has 0 radical (unpaired) electrons. The Hall–Kier alpha value is -4.09. The topological polar surface area (TPSA) is 97.6 Å². The summed E-state index contributed by atoms with van der Waals surface area (Å²) in [6, 6.07) is 12.6. The summed E-state index contributed by atoms with van der Waals surface area (Å²) in [6.45, 7) is 1.56. The zero-order valence-electron chi connectivity index (χ0n) is 20.9. The van der Waals surface area contributed by atoms with Crippen molar-refractivity contribution in [1.29, 1.82) is 0 Å². The number of carbonyl (C=O) groups excluding carboxylic acids is 1. The molecule has 0 fully saturated rings. The Morgan fingerprint density at radius 3 is 2.53 bits per heavy atom. The number of ketones is 1. The van der Waals surface area contributed by atoms with Crippen molar-refractivity contribution in [3.05, 3.63) is 59.8 Å². The molecule has 38 heavy (non-hydrogen) atoms. The predicted octanol–water partition coefficient (Wildman–Crippen LogP) is 4.91. The number of hydrogen-bond donors (Lipinski definition) is 2. The number of anilines is 2. The van der Waals surface area contributed by atoms with Crippen molar-refractivity contribution in [3.63, 3.8) is 0 Å². The van der Waals surface area contributed by atoms with Crippen LogP contribution in [-0.2, 0) is 16.8 Å². The molecule has 1 unspecified atom stereocenters. The van der Waals surface area contributed by atoms with Gasteiger partial charge in [-0.15, -0.1) is 0 Å². The average molecular weight is 528 g/mol. The van der Waals surface area contributed by atoms with Gasteiger partial charge in [0.1, 0.15) is 17.3 Å². The minimum absolute atomic E-state index is 0.0368. The second-order valence-electron chi connectivity index (χ2n) is 9.43. The second-order valence-corrected chi connectivity index (χ2v) is 9.43. The third-order valence-electron chi connectivity index (χ3n) is 6.97. The summed E-state index contributed by atoms with van der Waals surface area (Å²) in [5.41, 5.74) is 0.811. The number of halogens is 4. The molecule has 5 rings (SSSR count). The molecule has 1 atom stereocenters. The number of alkyl halides is 4. The first-order chi connectivity index (χ1) is 18.0. The molecule has 1 aromatic carbocycles. The Bertz CT molecular complexity index is 1500. The van der Waals surface area contributed by atoms with Crippen LogP contribution in [0.15, 0.2) is 48.7 Å². The van der Waals surface area contributed by atoms with Crippen molar-refractivity contribution in [2.75, 3.05) is 24.2 Å². The largest absolute Gasteiger partial charge is 0.373 e. The van der Waals surface area contributed by atoms with E-state index in [4.69, 9.17) is 0 Å². The van der Waals surface area contributed by atoms with E-state index in [1.165, 1.54) is 6.20 Å². The van der Waals surface area contributed by atoms with Gasteiger partial charge in [-0.1, -0.05) is 30.3 Å². The molecule has 4 aromatic rings. The Labute approximate surface area is 215 Å². The SMILES string of the molecule is CNc1nc(-c2nn(CCC(F)(F)C(C)(F)F)c3ncccc23)nc2c1C(C)(c1ccccc1)C(=O)CN2. The lowest BCUT2D eigenvalue weighted by molar-refractivity contribution is -0.202. The molecular formula is C26H25F4N7O. The van der Waals surface area contributed by atoms with E-state index < -0.39 is 30.2 Å². The average Bonchev–Trinajstić information content (AvgIpc) is 3.27. The highest BCUT2D eigenvalue weighted by Gasteiger charge is 2.51. The summed E-state index contributed by atoms with van der Waals surface area (Å²) < 4.78 is 55.9. The smallest absolute Gasteiger partial charge is 0.311 e. The number of aromatic nitrogens is 5. The van der Waals surface area contributed by atoms with E-state index >= 15 is 0 Å². The van der Waals surface area contributed by atoms with Gasteiger partial charge in [0, 0.05) is 33.1 Å². The van der Waals surface area contributed by atoms with Crippen molar-refractivity contribution in [2.45, 2.75) is 44.1 Å². The van der Waals surface area contributed by atoms with Gasteiger partial charge in [0.2, 0.25) is 0 Å². The molecule has 1 aliphatic heterocycles. The Kier molecular flexibility index (Phi) is 6.07. The van der Waals surface area contributed by atoms with Crippen molar-refractivity contribution in [2.24, 2.45) is 0 Å². The van der Waals surface area contributed by atoms with E-state index in [1.54, 1.807) is 19.2 Å².